The molecule has 1 unspecified atom stereocenters. The van der Waals surface area contributed by atoms with Crippen molar-refractivity contribution in [2.45, 2.75) is 26.4 Å². The number of hydrogen-bond acceptors (Lipinski definition) is 4. The van der Waals surface area contributed by atoms with Crippen LogP contribution in [0, 0.1) is 0 Å². The summed E-state index contributed by atoms with van der Waals surface area (Å²) in [6.45, 7) is 5.09. The first-order chi connectivity index (χ1) is 7.29. The summed E-state index contributed by atoms with van der Waals surface area (Å²) in [5.41, 5.74) is 2.90. The fourth-order valence-electron chi connectivity index (χ4n) is 1.37. The van der Waals surface area contributed by atoms with Gasteiger partial charge in [0.15, 0.2) is 0 Å². The van der Waals surface area contributed by atoms with E-state index in [2.05, 4.69) is 29.2 Å². The van der Waals surface area contributed by atoms with Crippen molar-refractivity contribution < 1.29 is 0 Å². The molecule has 0 radical (unpaired) electrons. The fraction of sp³-hybridized carbons (Fsp3) is 0.400. The lowest BCUT2D eigenvalue weighted by molar-refractivity contribution is 0.660. The maximum absolute atomic E-state index is 4.21. The average Bonchev–Trinajstić information content (AvgIpc) is 2.87. The average molecular weight is 222 g/mol. The van der Waals surface area contributed by atoms with E-state index in [-0.39, 0.29) is 6.04 Å². The Morgan fingerprint density at radius 1 is 1.53 bits per heavy atom. The van der Waals surface area contributed by atoms with Crippen molar-refractivity contribution >= 4 is 17.0 Å². The summed E-state index contributed by atoms with van der Waals surface area (Å²) in [7, 11) is 0. The van der Waals surface area contributed by atoms with E-state index in [1.165, 1.54) is 4.88 Å². The Balaban J connectivity index is 2.02. The molecule has 5 heteroatoms. The number of aryl methyl sites for hydroxylation is 1. The van der Waals surface area contributed by atoms with Gasteiger partial charge in [-0.05, 0) is 13.8 Å². The topological polar surface area (TPSA) is 42.7 Å². The second kappa shape index (κ2) is 4.44. The third-order valence-corrected chi connectivity index (χ3v) is 3.18. The molecule has 0 saturated heterocycles. The van der Waals surface area contributed by atoms with Gasteiger partial charge in [0.1, 0.15) is 0 Å². The predicted molar refractivity (Wildman–Crippen MR) is 62.1 cm³/mol. The molecule has 80 valence electrons. The van der Waals surface area contributed by atoms with E-state index in [1.807, 2.05) is 28.8 Å². The number of nitrogens with one attached hydrogen (secondary N) is 1. The third kappa shape index (κ3) is 2.36. The number of rotatable bonds is 4. The van der Waals surface area contributed by atoms with Crippen LogP contribution in [0.5, 0.6) is 0 Å². The van der Waals surface area contributed by atoms with E-state index >= 15 is 0 Å². The first-order valence-electron chi connectivity index (χ1n) is 4.97. The molecular weight excluding hydrogens is 208 g/mol. The van der Waals surface area contributed by atoms with E-state index in [0.717, 1.165) is 12.2 Å². The molecule has 1 atom stereocenters. The van der Waals surface area contributed by atoms with Crippen molar-refractivity contribution in [2.24, 2.45) is 0 Å². The van der Waals surface area contributed by atoms with Crippen LogP contribution in [0.2, 0.25) is 0 Å². The van der Waals surface area contributed by atoms with Crippen LogP contribution in [0.4, 0.5) is 5.69 Å². The summed E-state index contributed by atoms with van der Waals surface area (Å²) in [5, 5.41) is 7.60. The van der Waals surface area contributed by atoms with Crippen molar-refractivity contribution in [3.8, 4) is 0 Å². The van der Waals surface area contributed by atoms with Gasteiger partial charge in [-0.25, -0.2) is 0 Å². The fourth-order valence-corrected chi connectivity index (χ4v) is 2.00. The van der Waals surface area contributed by atoms with E-state index in [4.69, 9.17) is 0 Å². The van der Waals surface area contributed by atoms with Crippen LogP contribution in [-0.2, 0) is 6.54 Å². The molecule has 0 bridgehead atoms. The Bertz CT molecular complexity index is 407. The van der Waals surface area contributed by atoms with Gasteiger partial charge < -0.3 is 5.32 Å². The summed E-state index contributed by atoms with van der Waals surface area (Å²) in [5.74, 6) is 0. The van der Waals surface area contributed by atoms with Gasteiger partial charge in [0.25, 0.3) is 0 Å². The van der Waals surface area contributed by atoms with Gasteiger partial charge in [0.05, 0.1) is 23.4 Å². The van der Waals surface area contributed by atoms with Gasteiger partial charge in [-0.15, -0.1) is 11.3 Å². The zero-order chi connectivity index (χ0) is 10.7. The Hall–Kier alpha value is -1.36. The number of hydrogen-bond donors (Lipinski definition) is 1. The molecule has 0 amide bonds. The first kappa shape index (κ1) is 10.2. The highest BCUT2D eigenvalue weighted by molar-refractivity contribution is 7.09. The molecule has 0 aliphatic heterocycles. The van der Waals surface area contributed by atoms with Crippen molar-refractivity contribution in [3.63, 3.8) is 0 Å². The lowest BCUT2D eigenvalue weighted by Crippen LogP contribution is -2.04. The third-order valence-electron chi connectivity index (χ3n) is 2.22. The minimum atomic E-state index is 0.284. The summed E-state index contributed by atoms with van der Waals surface area (Å²) >= 11 is 1.66. The maximum atomic E-state index is 4.21. The summed E-state index contributed by atoms with van der Waals surface area (Å²) < 4.78 is 1.90. The van der Waals surface area contributed by atoms with Crippen molar-refractivity contribution in [3.05, 3.63) is 29.0 Å². The summed E-state index contributed by atoms with van der Waals surface area (Å²) in [6.07, 6.45) is 5.76. The molecule has 0 saturated carbocycles. The molecule has 0 aliphatic carbocycles. The molecule has 0 aromatic carbocycles. The predicted octanol–water partition coefficient (Wildman–Crippen LogP) is 2.53. The molecule has 15 heavy (non-hydrogen) atoms. The van der Waals surface area contributed by atoms with Crippen LogP contribution in [0.1, 0.15) is 24.8 Å². The van der Waals surface area contributed by atoms with E-state index < -0.39 is 0 Å². The van der Waals surface area contributed by atoms with Crippen LogP contribution < -0.4 is 5.32 Å². The number of nitrogens with zero attached hydrogens (tertiary/aromatic N) is 3. The van der Waals surface area contributed by atoms with Crippen LogP contribution >= 0.6 is 11.3 Å². The van der Waals surface area contributed by atoms with Crippen LogP contribution in [0.25, 0.3) is 0 Å². The SMILES string of the molecule is CCn1cc(NC(C)c2cncs2)cn1. The molecule has 0 fully saturated rings. The maximum Gasteiger partial charge on any atom is 0.0795 e. The molecular formula is C10H14N4S. The van der Waals surface area contributed by atoms with Gasteiger partial charge in [0, 0.05) is 23.8 Å². The Morgan fingerprint density at radius 2 is 2.40 bits per heavy atom. The van der Waals surface area contributed by atoms with Crippen LogP contribution in [-0.4, -0.2) is 14.8 Å². The summed E-state index contributed by atoms with van der Waals surface area (Å²) in [6, 6.07) is 0.284. The van der Waals surface area contributed by atoms with Gasteiger partial charge >= 0.3 is 0 Å². The molecule has 2 aromatic rings. The molecule has 0 aliphatic rings. The lowest BCUT2D eigenvalue weighted by atomic mass is 10.3. The van der Waals surface area contributed by atoms with Crippen molar-refractivity contribution in [1.29, 1.82) is 0 Å². The van der Waals surface area contributed by atoms with Gasteiger partial charge in [-0.3, -0.25) is 9.67 Å². The minimum absolute atomic E-state index is 0.284. The minimum Gasteiger partial charge on any atom is -0.375 e. The quantitative estimate of drug-likeness (QED) is 0.864. The molecule has 1 N–H and O–H groups in total. The standard InChI is InChI=1S/C10H14N4S/c1-3-14-6-9(4-12-14)13-8(2)10-5-11-7-15-10/h4-8,13H,3H2,1-2H3. The van der Waals surface area contributed by atoms with E-state index in [0.29, 0.717) is 0 Å². The second-order valence-corrected chi connectivity index (χ2v) is 4.27. The van der Waals surface area contributed by atoms with E-state index in [9.17, 15) is 0 Å². The highest BCUT2D eigenvalue weighted by Crippen LogP contribution is 2.21. The van der Waals surface area contributed by atoms with Gasteiger partial charge in [-0.1, -0.05) is 0 Å². The van der Waals surface area contributed by atoms with Crippen molar-refractivity contribution in [1.82, 2.24) is 14.8 Å². The Kier molecular flexibility index (Phi) is 3.01. The Morgan fingerprint density at radius 3 is 3.00 bits per heavy atom. The van der Waals surface area contributed by atoms with Gasteiger partial charge in [0.2, 0.25) is 0 Å². The van der Waals surface area contributed by atoms with Gasteiger partial charge in [-0.2, -0.15) is 5.10 Å². The number of aromatic nitrogens is 3. The normalized spacial score (nSPS) is 12.7. The number of thiazole rings is 1. The molecule has 2 heterocycles. The molecule has 0 spiro atoms. The first-order valence-corrected chi connectivity index (χ1v) is 5.85. The number of anilines is 1. The zero-order valence-corrected chi connectivity index (χ0v) is 9.66. The zero-order valence-electron chi connectivity index (χ0n) is 8.84. The molecule has 2 aromatic heterocycles. The van der Waals surface area contributed by atoms with Crippen molar-refractivity contribution in [2.75, 3.05) is 5.32 Å². The van der Waals surface area contributed by atoms with E-state index in [1.54, 1.807) is 11.3 Å². The molecule has 4 nitrogen and oxygen atoms in total. The highest BCUT2D eigenvalue weighted by atomic mass is 32.1. The highest BCUT2D eigenvalue weighted by Gasteiger charge is 2.07. The second-order valence-electron chi connectivity index (χ2n) is 3.35. The Labute approximate surface area is 93.0 Å². The summed E-state index contributed by atoms with van der Waals surface area (Å²) in [4.78, 5) is 5.30. The largest absolute Gasteiger partial charge is 0.375 e. The smallest absolute Gasteiger partial charge is 0.0795 e. The van der Waals surface area contributed by atoms with Crippen LogP contribution in [0.3, 0.4) is 0 Å². The van der Waals surface area contributed by atoms with Crippen LogP contribution in [0.15, 0.2) is 24.1 Å². The monoisotopic (exact) mass is 222 g/mol. The molecule has 2 rings (SSSR count). The lowest BCUT2D eigenvalue weighted by Gasteiger charge is -2.10.